The molecule has 202 valence electrons. The van der Waals surface area contributed by atoms with Crippen LogP contribution in [0.4, 0.5) is 5.82 Å². The van der Waals surface area contributed by atoms with Gasteiger partial charge in [-0.3, -0.25) is 19.3 Å². The average molecular weight is 538 g/mol. The molecule has 0 radical (unpaired) electrons. The highest BCUT2D eigenvalue weighted by Gasteiger charge is 2.45. The predicted octanol–water partition coefficient (Wildman–Crippen LogP) is 2.65. The Labute approximate surface area is 228 Å². The Balaban J connectivity index is 1.26. The van der Waals surface area contributed by atoms with Crippen molar-refractivity contribution >= 4 is 23.2 Å². The largest absolute Gasteiger partial charge is 0.383 e. The summed E-state index contributed by atoms with van der Waals surface area (Å²) < 4.78 is 3.26. The monoisotopic (exact) mass is 537 g/mol. The second-order valence-electron chi connectivity index (χ2n) is 10.5. The number of nitrogens with two attached hydrogens (primary N) is 1. The fourth-order valence-electron chi connectivity index (χ4n) is 6.31. The number of hydrogen-bond acceptors (Lipinski definition) is 9. The van der Waals surface area contributed by atoms with Crippen molar-refractivity contribution in [2.45, 2.75) is 50.6 Å². The van der Waals surface area contributed by atoms with Gasteiger partial charge in [-0.05, 0) is 44.7 Å². The minimum atomic E-state index is -0.159. The van der Waals surface area contributed by atoms with E-state index in [2.05, 4.69) is 30.4 Å². The number of amides is 1. The Morgan fingerprint density at radius 1 is 1.07 bits per heavy atom. The van der Waals surface area contributed by atoms with E-state index in [4.69, 9.17) is 10.7 Å². The van der Waals surface area contributed by atoms with Crippen molar-refractivity contribution in [3.05, 3.63) is 60.2 Å². The summed E-state index contributed by atoms with van der Waals surface area (Å²) in [5.74, 6) is 0.181. The second kappa shape index (κ2) is 9.07. The summed E-state index contributed by atoms with van der Waals surface area (Å²) in [4.78, 5) is 40.4. The summed E-state index contributed by atoms with van der Waals surface area (Å²) in [6.45, 7) is 1.50. The highest BCUT2D eigenvalue weighted by atomic mass is 16.2. The Morgan fingerprint density at radius 3 is 2.50 bits per heavy atom. The summed E-state index contributed by atoms with van der Waals surface area (Å²) in [6, 6.07) is 5.82. The maximum absolute atomic E-state index is 13.1. The molecule has 13 nitrogen and oxygen atoms in total. The maximum Gasteiger partial charge on any atom is 0.292 e. The highest BCUT2D eigenvalue weighted by Crippen LogP contribution is 2.45. The normalized spacial score (nSPS) is 20.4. The number of anilines is 1. The van der Waals surface area contributed by atoms with E-state index in [9.17, 15) is 9.59 Å². The average Bonchev–Trinajstić information content (AvgIpc) is 3.75. The molecule has 3 N–H and O–H groups in total. The van der Waals surface area contributed by atoms with Gasteiger partial charge in [0.05, 0.1) is 23.1 Å². The molecule has 5 aromatic heterocycles. The third-order valence-electron chi connectivity index (χ3n) is 8.09. The zero-order valence-electron chi connectivity index (χ0n) is 22.0. The van der Waals surface area contributed by atoms with E-state index in [1.807, 2.05) is 36.3 Å². The number of Topliss-reactive ketones (excluding diaryl/α,β-unsaturated/α-hetero) is 1. The molecule has 2 fully saturated rings. The number of piperidine rings is 1. The summed E-state index contributed by atoms with van der Waals surface area (Å²) in [7, 11) is 1.86. The number of H-pyrrole nitrogens is 1. The molecule has 13 heteroatoms. The van der Waals surface area contributed by atoms with Crippen LogP contribution in [0.1, 0.15) is 65.2 Å². The molecular weight excluding hydrogens is 510 g/mol. The van der Waals surface area contributed by atoms with Gasteiger partial charge in [-0.25, -0.2) is 4.98 Å². The van der Waals surface area contributed by atoms with Crippen molar-refractivity contribution < 1.29 is 9.59 Å². The van der Waals surface area contributed by atoms with Crippen molar-refractivity contribution in [3.8, 4) is 22.5 Å². The number of aromatic amines is 1. The van der Waals surface area contributed by atoms with Crippen LogP contribution in [0.5, 0.6) is 0 Å². The van der Waals surface area contributed by atoms with Gasteiger partial charge in [-0.2, -0.15) is 14.7 Å². The lowest BCUT2D eigenvalue weighted by molar-refractivity contribution is 0.0556. The van der Waals surface area contributed by atoms with Gasteiger partial charge < -0.3 is 15.6 Å². The molecule has 2 saturated heterocycles. The number of aromatic nitrogens is 9. The molecule has 0 spiro atoms. The minimum absolute atomic E-state index is 0.0214. The summed E-state index contributed by atoms with van der Waals surface area (Å²) in [6.07, 6.45) is 9.90. The van der Waals surface area contributed by atoms with Gasteiger partial charge in [0.1, 0.15) is 17.8 Å². The molecule has 0 saturated carbocycles. The third-order valence-corrected chi connectivity index (χ3v) is 8.09. The number of nitrogens with one attached hydrogen (secondary N) is 1. The van der Waals surface area contributed by atoms with Crippen molar-refractivity contribution in [1.29, 1.82) is 0 Å². The molecule has 7 heterocycles. The lowest BCUT2D eigenvalue weighted by Crippen LogP contribution is -2.46. The molecule has 2 aliphatic heterocycles. The number of aryl methyl sites for hydroxylation is 1. The third kappa shape index (κ3) is 3.76. The van der Waals surface area contributed by atoms with Crippen LogP contribution >= 0.6 is 0 Å². The summed E-state index contributed by atoms with van der Waals surface area (Å²) in [5, 5.41) is 16.6. The molecule has 1 amide bonds. The van der Waals surface area contributed by atoms with Crippen molar-refractivity contribution in [3.63, 3.8) is 0 Å². The molecule has 0 aliphatic carbocycles. The first-order valence-electron chi connectivity index (χ1n) is 13.2. The van der Waals surface area contributed by atoms with Crippen LogP contribution in [-0.2, 0) is 7.05 Å². The SMILES string of the molecule is CC(=O)c1c([C@@H]2C[C@H]3CC[C@@H](C2)N3C(=O)c2nnc[nH]2)nc2c(-c3ccc(-c4ccn(C)n4)nc3)cnn2c1N. The fraction of sp³-hybridized carbons (Fsp3) is 0.333. The van der Waals surface area contributed by atoms with Crippen molar-refractivity contribution in [1.82, 2.24) is 49.4 Å². The number of ketones is 1. The van der Waals surface area contributed by atoms with E-state index < -0.39 is 0 Å². The fourth-order valence-corrected chi connectivity index (χ4v) is 6.31. The number of rotatable bonds is 5. The smallest absolute Gasteiger partial charge is 0.292 e. The topological polar surface area (TPSA) is 166 Å². The van der Waals surface area contributed by atoms with Crippen LogP contribution in [0, 0.1) is 0 Å². The number of carbonyl (C=O) groups excluding carboxylic acids is 2. The number of hydrogen-bond donors (Lipinski definition) is 2. The lowest BCUT2D eigenvalue weighted by Gasteiger charge is -2.38. The van der Waals surface area contributed by atoms with Gasteiger partial charge in [0.25, 0.3) is 5.91 Å². The van der Waals surface area contributed by atoms with Gasteiger partial charge in [-0.15, -0.1) is 10.2 Å². The first kappa shape index (κ1) is 24.1. The van der Waals surface area contributed by atoms with Crippen LogP contribution in [0.2, 0.25) is 0 Å². The molecule has 2 aliphatic rings. The van der Waals surface area contributed by atoms with E-state index in [-0.39, 0.29) is 41.3 Å². The lowest BCUT2D eigenvalue weighted by atomic mass is 9.85. The Hall–Kier alpha value is -4.94. The van der Waals surface area contributed by atoms with E-state index >= 15 is 0 Å². The first-order valence-corrected chi connectivity index (χ1v) is 13.2. The van der Waals surface area contributed by atoms with Crippen molar-refractivity contribution in [2.24, 2.45) is 7.05 Å². The van der Waals surface area contributed by atoms with Crippen LogP contribution in [0.25, 0.3) is 28.2 Å². The van der Waals surface area contributed by atoms with Gasteiger partial charge in [0.2, 0.25) is 5.82 Å². The Morgan fingerprint density at radius 2 is 1.88 bits per heavy atom. The number of fused-ring (bicyclic) bond motifs is 3. The molecule has 40 heavy (non-hydrogen) atoms. The van der Waals surface area contributed by atoms with Crippen LogP contribution in [0.3, 0.4) is 0 Å². The standard InChI is InChI=1S/C27H27N11O2/c1-14(39)22-23(16-9-17-4-5-18(10-16)37(17)27(40)25-30-13-31-34-25)33-26-19(12-32-38(26)24(22)28)15-3-6-20(29-11-15)21-7-8-36(2)35-21/h3,6-8,11-13,16-18H,4-5,9-10,28H2,1-2H3,(H,30,31,34)/t16-,17-,18+. The first-order chi connectivity index (χ1) is 19.4. The van der Waals surface area contributed by atoms with E-state index in [0.29, 0.717) is 29.7 Å². The van der Waals surface area contributed by atoms with Gasteiger partial charge in [0.15, 0.2) is 11.4 Å². The molecule has 5 aromatic rings. The number of nitrogens with zero attached hydrogens (tertiary/aromatic N) is 9. The molecule has 2 bridgehead atoms. The van der Waals surface area contributed by atoms with Gasteiger partial charge in [0, 0.05) is 48.6 Å². The van der Waals surface area contributed by atoms with Crippen LogP contribution in [0.15, 0.2) is 43.1 Å². The van der Waals surface area contributed by atoms with Gasteiger partial charge in [-0.1, -0.05) is 6.07 Å². The number of nitrogen functional groups attached to an aromatic ring is 1. The Kier molecular flexibility index (Phi) is 5.47. The van der Waals surface area contributed by atoms with E-state index in [0.717, 1.165) is 35.4 Å². The summed E-state index contributed by atoms with van der Waals surface area (Å²) >= 11 is 0. The molecule has 7 rings (SSSR count). The van der Waals surface area contributed by atoms with E-state index in [1.165, 1.54) is 17.8 Å². The molecule has 3 atom stereocenters. The number of carbonyl (C=O) groups is 2. The van der Waals surface area contributed by atoms with Gasteiger partial charge >= 0.3 is 0 Å². The van der Waals surface area contributed by atoms with E-state index in [1.54, 1.807) is 17.1 Å². The quantitative estimate of drug-likeness (QED) is 0.320. The maximum atomic E-state index is 13.1. The second-order valence-corrected chi connectivity index (χ2v) is 10.5. The molecule has 0 aromatic carbocycles. The van der Waals surface area contributed by atoms with Crippen molar-refractivity contribution in [2.75, 3.05) is 5.73 Å². The zero-order valence-corrected chi connectivity index (χ0v) is 22.0. The Bertz CT molecular complexity index is 1740. The van der Waals surface area contributed by atoms with Crippen LogP contribution < -0.4 is 5.73 Å². The number of pyridine rings is 1. The minimum Gasteiger partial charge on any atom is -0.383 e. The summed E-state index contributed by atoms with van der Waals surface area (Å²) in [5.41, 5.74) is 11.3. The highest BCUT2D eigenvalue weighted by molar-refractivity contribution is 6.00. The predicted molar refractivity (Wildman–Crippen MR) is 144 cm³/mol. The molecular formula is C27H27N11O2. The zero-order chi connectivity index (χ0) is 27.5. The molecule has 0 unspecified atom stereocenters. The van der Waals surface area contributed by atoms with Crippen LogP contribution in [-0.4, -0.2) is 73.2 Å².